The molecular weight excluding hydrogens is 148 g/mol. The number of carbonyl (C=O) groups is 1. The van der Waals surface area contributed by atoms with Crippen molar-refractivity contribution in [1.29, 1.82) is 0 Å². The molecule has 0 saturated carbocycles. The Kier molecular flexibility index (Phi) is 5.56. The van der Waals surface area contributed by atoms with Crippen molar-refractivity contribution >= 4 is 6.16 Å². The summed E-state index contributed by atoms with van der Waals surface area (Å²) in [5.41, 5.74) is 0. The molecule has 0 saturated heterocycles. The molecule has 0 aromatic rings. The largest absolute Gasteiger partial charge is 0.508 e. The Morgan fingerprint density at radius 2 is 2.09 bits per heavy atom. The lowest BCUT2D eigenvalue weighted by molar-refractivity contribution is 0.00826. The van der Waals surface area contributed by atoms with Gasteiger partial charge in [-0.1, -0.05) is 6.92 Å². The van der Waals surface area contributed by atoms with Gasteiger partial charge in [-0.2, -0.15) is 0 Å². The van der Waals surface area contributed by atoms with Crippen LogP contribution in [0.4, 0.5) is 4.79 Å². The fourth-order valence-corrected chi connectivity index (χ4v) is 0.572. The first-order chi connectivity index (χ1) is 5.24. The minimum absolute atomic E-state index is 0.0332. The van der Waals surface area contributed by atoms with Crippen LogP contribution in [0.2, 0.25) is 0 Å². The van der Waals surface area contributed by atoms with Crippen molar-refractivity contribution in [3.63, 3.8) is 0 Å². The van der Waals surface area contributed by atoms with Gasteiger partial charge in [-0.3, -0.25) is 0 Å². The maximum atomic E-state index is 10.4. The van der Waals surface area contributed by atoms with Gasteiger partial charge in [0.2, 0.25) is 0 Å². The van der Waals surface area contributed by atoms with E-state index >= 15 is 0 Å². The average molecular weight is 162 g/mol. The Labute approximate surface area is 66.4 Å². The predicted octanol–water partition coefficient (Wildman–Crippen LogP) is 1.19. The van der Waals surface area contributed by atoms with Crippen molar-refractivity contribution in [2.75, 3.05) is 20.8 Å². The highest BCUT2D eigenvalue weighted by atomic mass is 16.7. The van der Waals surface area contributed by atoms with Gasteiger partial charge in [-0.15, -0.1) is 0 Å². The van der Waals surface area contributed by atoms with Gasteiger partial charge in [-0.25, -0.2) is 4.79 Å². The molecule has 0 aliphatic rings. The van der Waals surface area contributed by atoms with Gasteiger partial charge in [0, 0.05) is 7.11 Å². The Morgan fingerprint density at radius 3 is 2.45 bits per heavy atom. The zero-order valence-corrected chi connectivity index (χ0v) is 7.12. The smallest absolute Gasteiger partial charge is 0.438 e. The number of carbonyl (C=O) groups excluding carboxylic acids is 1. The molecule has 1 atom stereocenters. The fourth-order valence-electron chi connectivity index (χ4n) is 0.572. The Balaban J connectivity index is 3.42. The van der Waals surface area contributed by atoms with Gasteiger partial charge in [0.25, 0.3) is 0 Å². The summed E-state index contributed by atoms with van der Waals surface area (Å²) in [4.78, 5) is 10.4. The summed E-state index contributed by atoms with van der Waals surface area (Å²) < 4.78 is 13.9. The lowest BCUT2D eigenvalue weighted by Gasteiger charge is -2.11. The van der Waals surface area contributed by atoms with Crippen LogP contribution in [0.25, 0.3) is 0 Å². The molecule has 0 spiro atoms. The van der Waals surface area contributed by atoms with E-state index in [0.29, 0.717) is 0 Å². The SMILES string of the molecule is CCC(COC(=O)OC)OC. The molecule has 0 N–H and O–H groups in total. The molecule has 0 heterocycles. The molecule has 0 aliphatic carbocycles. The molecule has 4 heteroatoms. The first kappa shape index (κ1) is 10.2. The van der Waals surface area contributed by atoms with E-state index in [9.17, 15) is 4.79 Å². The molecule has 0 fully saturated rings. The van der Waals surface area contributed by atoms with Crippen LogP contribution in [-0.4, -0.2) is 33.1 Å². The van der Waals surface area contributed by atoms with E-state index < -0.39 is 6.16 Å². The van der Waals surface area contributed by atoms with Crippen LogP contribution in [-0.2, 0) is 14.2 Å². The number of hydrogen-bond acceptors (Lipinski definition) is 4. The summed E-state index contributed by atoms with van der Waals surface area (Å²) in [5, 5.41) is 0. The normalized spacial score (nSPS) is 12.3. The molecule has 0 radical (unpaired) electrons. The van der Waals surface area contributed by atoms with Gasteiger partial charge in [0.15, 0.2) is 0 Å². The van der Waals surface area contributed by atoms with E-state index in [0.717, 1.165) is 6.42 Å². The van der Waals surface area contributed by atoms with Gasteiger partial charge in [-0.05, 0) is 6.42 Å². The first-order valence-electron chi connectivity index (χ1n) is 3.48. The van der Waals surface area contributed by atoms with Crippen LogP contribution in [0.3, 0.4) is 0 Å². The van der Waals surface area contributed by atoms with Crippen LogP contribution >= 0.6 is 0 Å². The second-order valence-corrected chi connectivity index (χ2v) is 2.03. The van der Waals surface area contributed by atoms with E-state index in [-0.39, 0.29) is 12.7 Å². The summed E-state index contributed by atoms with van der Waals surface area (Å²) >= 11 is 0. The topological polar surface area (TPSA) is 44.8 Å². The van der Waals surface area contributed by atoms with Crippen LogP contribution in [0, 0.1) is 0 Å². The maximum absolute atomic E-state index is 10.4. The molecular formula is C7H14O4. The van der Waals surface area contributed by atoms with Gasteiger partial charge < -0.3 is 14.2 Å². The Hall–Kier alpha value is -0.770. The Bertz CT molecular complexity index is 109. The maximum Gasteiger partial charge on any atom is 0.508 e. The van der Waals surface area contributed by atoms with Crippen LogP contribution < -0.4 is 0 Å². The molecule has 0 aromatic carbocycles. The molecule has 66 valence electrons. The van der Waals surface area contributed by atoms with Gasteiger partial charge in [0.05, 0.1) is 13.2 Å². The summed E-state index contributed by atoms with van der Waals surface area (Å²) in [6.07, 6.45) is 0.114. The zero-order chi connectivity index (χ0) is 8.69. The molecule has 1 unspecified atom stereocenters. The average Bonchev–Trinajstić information content (AvgIpc) is 2.06. The molecule has 0 bridgehead atoms. The van der Waals surface area contributed by atoms with Crippen molar-refractivity contribution in [1.82, 2.24) is 0 Å². The van der Waals surface area contributed by atoms with E-state index in [1.807, 2.05) is 6.92 Å². The zero-order valence-electron chi connectivity index (χ0n) is 7.12. The molecule has 0 aromatic heterocycles. The second-order valence-electron chi connectivity index (χ2n) is 2.03. The third-order valence-corrected chi connectivity index (χ3v) is 1.34. The fraction of sp³-hybridized carbons (Fsp3) is 0.857. The van der Waals surface area contributed by atoms with Crippen molar-refractivity contribution in [2.24, 2.45) is 0 Å². The van der Waals surface area contributed by atoms with Gasteiger partial charge >= 0.3 is 6.16 Å². The number of rotatable bonds is 4. The minimum Gasteiger partial charge on any atom is -0.438 e. The third-order valence-electron chi connectivity index (χ3n) is 1.34. The highest BCUT2D eigenvalue weighted by Gasteiger charge is 2.07. The van der Waals surface area contributed by atoms with E-state index in [4.69, 9.17) is 4.74 Å². The highest BCUT2D eigenvalue weighted by molar-refractivity contribution is 5.59. The van der Waals surface area contributed by atoms with Crippen molar-refractivity contribution in [3.8, 4) is 0 Å². The van der Waals surface area contributed by atoms with Crippen LogP contribution in [0.1, 0.15) is 13.3 Å². The molecule has 4 nitrogen and oxygen atoms in total. The summed E-state index contributed by atoms with van der Waals surface area (Å²) in [7, 11) is 2.85. The number of methoxy groups -OCH3 is 2. The standard InChI is InChI=1S/C7H14O4/c1-4-6(9-2)5-11-7(8)10-3/h6H,4-5H2,1-3H3. The second kappa shape index (κ2) is 5.97. The lowest BCUT2D eigenvalue weighted by Crippen LogP contribution is -2.19. The van der Waals surface area contributed by atoms with E-state index in [2.05, 4.69) is 9.47 Å². The summed E-state index contributed by atoms with van der Waals surface area (Å²) in [6, 6.07) is 0. The minimum atomic E-state index is -0.666. The number of ether oxygens (including phenoxy) is 3. The van der Waals surface area contributed by atoms with Crippen molar-refractivity contribution in [2.45, 2.75) is 19.4 Å². The predicted molar refractivity (Wildman–Crippen MR) is 39.4 cm³/mol. The molecule has 0 amide bonds. The van der Waals surface area contributed by atoms with Crippen molar-refractivity contribution in [3.05, 3.63) is 0 Å². The monoisotopic (exact) mass is 162 g/mol. The van der Waals surface area contributed by atoms with E-state index in [1.165, 1.54) is 7.11 Å². The number of hydrogen-bond donors (Lipinski definition) is 0. The van der Waals surface area contributed by atoms with E-state index in [1.54, 1.807) is 7.11 Å². The first-order valence-corrected chi connectivity index (χ1v) is 3.48. The summed E-state index contributed by atoms with van der Waals surface area (Å²) in [6.45, 7) is 2.20. The Morgan fingerprint density at radius 1 is 1.45 bits per heavy atom. The third kappa shape index (κ3) is 4.61. The quantitative estimate of drug-likeness (QED) is 0.582. The molecule has 11 heavy (non-hydrogen) atoms. The van der Waals surface area contributed by atoms with Gasteiger partial charge in [0.1, 0.15) is 6.61 Å². The lowest BCUT2D eigenvalue weighted by atomic mass is 10.3. The molecule has 0 rings (SSSR count). The molecule has 0 aliphatic heterocycles. The van der Waals surface area contributed by atoms with Crippen LogP contribution in [0.15, 0.2) is 0 Å². The summed E-state index contributed by atoms with van der Waals surface area (Å²) in [5.74, 6) is 0. The van der Waals surface area contributed by atoms with Crippen molar-refractivity contribution < 1.29 is 19.0 Å². The highest BCUT2D eigenvalue weighted by Crippen LogP contribution is 1.97. The van der Waals surface area contributed by atoms with Crippen LogP contribution in [0.5, 0.6) is 0 Å².